The van der Waals surface area contributed by atoms with Crippen LogP contribution in [0.5, 0.6) is 0 Å². The first-order chi connectivity index (χ1) is 27.2. The smallest absolute Gasteiger partial charge is 0.159 e. The summed E-state index contributed by atoms with van der Waals surface area (Å²) >= 11 is 0. The van der Waals surface area contributed by atoms with Crippen molar-refractivity contribution in [2.24, 2.45) is 0 Å². The lowest BCUT2D eigenvalue weighted by molar-refractivity contribution is 0.669. The van der Waals surface area contributed by atoms with Gasteiger partial charge in [-0.25, -0.2) is 0 Å². The fraction of sp³-hybridized carbons (Fsp3) is 0. The molecule has 0 unspecified atom stereocenters. The van der Waals surface area contributed by atoms with Crippen molar-refractivity contribution in [2.45, 2.75) is 0 Å². The largest absolute Gasteiger partial charge is 0.456 e. The molecule has 0 saturated carbocycles. The number of fused-ring (bicyclic) bond motifs is 7. The SMILES string of the molecule is c1ccc(-c2cccc3c2oc2c(N(c4ccc(-c5ccc6ccccc6c5)cc4)c4ccc(-c5ccc6c(c5)oc5ccccc56)cc4)cccc23)cc1. The maximum atomic E-state index is 6.93. The molecule has 2 aromatic heterocycles. The maximum Gasteiger partial charge on any atom is 0.159 e. The summed E-state index contributed by atoms with van der Waals surface area (Å²) in [4.78, 5) is 2.31. The van der Waals surface area contributed by atoms with Gasteiger partial charge in [-0.15, -0.1) is 0 Å². The number of rotatable bonds is 6. The topological polar surface area (TPSA) is 29.5 Å². The van der Waals surface area contributed by atoms with E-state index >= 15 is 0 Å². The zero-order valence-corrected chi connectivity index (χ0v) is 29.8. The molecule has 3 nitrogen and oxygen atoms in total. The summed E-state index contributed by atoms with van der Waals surface area (Å²) in [5.41, 5.74) is 13.4. The van der Waals surface area contributed by atoms with Crippen molar-refractivity contribution in [1.29, 1.82) is 0 Å². The van der Waals surface area contributed by atoms with Crippen LogP contribution in [0.4, 0.5) is 17.1 Å². The molecule has 0 atom stereocenters. The van der Waals surface area contributed by atoms with Gasteiger partial charge in [-0.1, -0.05) is 146 Å². The number of furan rings is 2. The molecule has 11 aromatic rings. The van der Waals surface area contributed by atoms with Gasteiger partial charge < -0.3 is 13.7 Å². The predicted molar refractivity (Wildman–Crippen MR) is 229 cm³/mol. The second-order valence-electron chi connectivity index (χ2n) is 14.1. The van der Waals surface area contributed by atoms with Crippen LogP contribution in [0.25, 0.3) is 88.0 Å². The van der Waals surface area contributed by atoms with Gasteiger partial charge in [0.15, 0.2) is 5.58 Å². The van der Waals surface area contributed by atoms with Gasteiger partial charge in [0.25, 0.3) is 0 Å². The van der Waals surface area contributed by atoms with E-state index in [9.17, 15) is 0 Å². The quantitative estimate of drug-likeness (QED) is 0.173. The molecule has 0 bridgehead atoms. The van der Waals surface area contributed by atoms with E-state index in [-0.39, 0.29) is 0 Å². The van der Waals surface area contributed by atoms with Crippen LogP contribution in [0.2, 0.25) is 0 Å². The molecule has 9 aromatic carbocycles. The van der Waals surface area contributed by atoms with E-state index < -0.39 is 0 Å². The molecule has 0 saturated heterocycles. The fourth-order valence-electron chi connectivity index (χ4n) is 8.13. The third kappa shape index (κ3) is 5.28. The summed E-state index contributed by atoms with van der Waals surface area (Å²) in [6.45, 7) is 0. The standard InChI is InChI=1S/C52H33NO2/c1-2-11-37(12-3-1)43-15-8-16-46-47-17-9-18-48(52(47)55-51(43)46)53(41-27-22-35(23-28-41)39-21-20-34-10-4-5-13-38(34)32-39)42-29-24-36(25-30-42)40-26-31-45-44-14-6-7-19-49(44)54-50(45)33-40/h1-33H. The van der Waals surface area contributed by atoms with Crippen molar-refractivity contribution in [3.8, 4) is 33.4 Å². The number of para-hydroxylation sites is 3. The van der Waals surface area contributed by atoms with Crippen LogP contribution in [0, 0.1) is 0 Å². The molecule has 11 rings (SSSR count). The van der Waals surface area contributed by atoms with Crippen LogP contribution in [-0.4, -0.2) is 0 Å². The maximum absolute atomic E-state index is 6.93. The average molecular weight is 704 g/mol. The van der Waals surface area contributed by atoms with Gasteiger partial charge in [0, 0.05) is 38.5 Å². The molecule has 0 aliphatic rings. The van der Waals surface area contributed by atoms with Crippen molar-refractivity contribution in [3.05, 3.63) is 200 Å². The molecular formula is C52H33NO2. The molecule has 55 heavy (non-hydrogen) atoms. The molecule has 0 aliphatic carbocycles. The summed E-state index contributed by atoms with van der Waals surface area (Å²) in [5, 5.41) is 6.92. The van der Waals surface area contributed by atoms with Gasteiger partial charge in [-0.05, 0) is 93.2 Å². The molecule has 0 aliphatic heterocycles. The minimum atomic E-state index is 0.846. The van der Waals surface area contributed by atoms with Crippen LogP contribution in [0.3, 0.4) is 0 Å². The lowest BCUT2D eigenvalue weighted by atomic mass is 10.0. The van der Waals surface area contributed by atoms with E-state index in [4.69, 9.17) is 8.83 Å². The normalized spacial score (nSPS) is 11.6. The molecular weight excluding hydrogens is 671 g/mol. The van der Waals surface area contributed by atoms with Crippen molar-refractivity contribution in [1.82, 2.24) is 0 Å². The Balaban J connectivity index is 1.05. The van der Waals surface area contributed by atoms with Gasteiger partial charge in [-0.2, -0.15) is 0 Å². The Hall–Kier alpha value is -7.36. The molecule has 258 valence electrons. The Labute approximate surface area is 317 Å². The third-order valence-corrected chi connectivity index (χ3v) is 10.9. The summed E-state index contributed by atoms with van der Waals surface area (Å²) in [6.07, 6.45) is 0. The molecule has 0 radical (unpaired) electrons. The van der Waals surface area contributed by atoms with Crippen molar-refractivity contribution in [2.75, 3.05) is 4.90 Å². The Morgan fingerprint density at radius 1 is 0.309 bits per heavy atom. The Bertz CT molecular complexity index is 3190. The van der Waals surface area contributed by atoms with E-state index in [0.717, 1.165) is 83.2 Å². The summed E-state index contributed by atoms with van der Waals surface area (Å²) in [6, 6.07) is 70.9. The molecule has 0 fully saturated rings. The Kier molecular flexibility index (Phi) is 7.17. The zero-order valence-electron chi connectivity index (χ0n) is 29.8. The summed E-state index contributed by atoms with van der Waals surface area (Å²) in [7, 11) is 0. The zero-order chi connectivity index (χ0) is 36.3. The molecule has 0 amide bonds. The van der Waals surface area contributed by atoms with Crippen LogP contribution in [0.15, 0.2) is 209 Å². The number of nitrogens with zero attached hydrogens (tertiary/aromatic N) is 1. The number of hydrogen-bond donors (Lipinski definition) is 0. The lowest BCUT2D eigenvalue weighted by Gasteiger charge is -2.26. The van der Waals surface area contributed by atoms with Gasteiger partial charge in [0.05, 0.1) is 5.69 Å². The highest BCUT2D eigenvalue weighted by atomic mass is 16.3. The first kappa shape index (κ1) is 31.2. The summed E-state index contributed by atoms with van der Waals surface area (Å²) < 4.78 is 13.2. The first-order valence-electron chi connectivity index (χ1n) is 18.7. The third-order valence-electron chi connectivity index (χ3n) is 10.9. The predicted octanol–water partition coefficient (Wildman–Crippen LogP) is 15.1. The van der Waals surface area contributed by atoms with E-state index in [1.165, 1.54) is 21.9 Å². The van der Waals surface area contributed by atoms with Crippen LogP contribution >= 0.6 is 0 Å². The highest BCUT2D eigenvalue weighted by molar-refractivity contribution is 6.13. The Morgan fingerprint density at radius 2 is 0.891 bits per heavy atom. The highest BCUT2D eigenvalue weighted by Gasteiger charge is 2.21. The lowest BCUT2D eigenvalue weighted by Crippen LogP contribution is -2.10. The van der Waals surface area contributed by atoms with Crippen molar-refractivity contribution < 1.29 is 8.83 Å². The number of hydrogen-bond acceptors (Lipinski definition) is 3. The first-order valence-corrected chi connectivity index (χ1v) is 18.7. The molecule has 3 heteroatoms. The second-order valence-corrected chi connectivity index (χ2v) is 14.1. The van der Waals surface area contributed by atoms with E-state index in [0.29, 0.717) is 0 Å². The minimum Gasteiger partial charge on any atom is -0.456 e. The minimum absolute atomic E-state index is 0.846. The average Bonchev–Trinajstić information content (AvgIpc) is 3.83. The summed E-state index contributed by atoms with van der Waals surface area (Å²) in [5.74, 6) is 0. The molecule has 2 heterocycles. The van der Waals surface area contributed by atoms with E-state index in [2.05, 4.69) is 187 Å². The molecule has 0 spiro atoms. The second kappa shape index (κ2) is 12.6. The van der Waals surface area contributed by atoms with Crippen molar-refractivity contribution in [3.63, 3.8) is 0 Å². The van der Waals surface area contributed by atoms with Gasteiger partial charge in [-0.3, -0.25) is 0 Å². The fourth-order valence-corrected chi connectivity index (χ4v) is 8.13. The van der Waals surface area contributed by atoms with Gasteiger partial charge in [0.1, 0.15) is 16.7 Å². The monoisotopic (exact) mass is 703 g/mol. The van der Waals surface area contributed by atoms with Crippen molar-refractivity contribution >= 4 is 71.7 Å². The van der Waals surface area contributed by atoms with E-state index in [1.807, 2.05) is 18.2 Å². The number of benzene rings is 9. The molecule has 0 N–H and O–H groups in total. The highest BCUT2D eigenvalue weighted by Crippen LogP contribution is 2.45. The van der Waals surface area contributed by atoms with Crippen LogP contribution in [-0.2, 0) is 0 Å². The van der Waals surface area contributed by atoms with Gasteiger partial charge in [0.2, 0.25) is 0 Å². The van der Waals surface area contributed by atoms with E-state index in [1.54, 1.807) is 0 Å². The Morgan fingerprint density at radius 3 is 1.67 bits per heavy atom. The van der Waals surface area contributed by atoms with Crippen LogP contribution in [0.1, 0.15) is 0 Å². The van der Waals surface area contributed by atoms with Crippen LogP contribution < -0.4 is 4.90 Å². The van der Waals surface area contributed by atoms with Gasteiger partial charge >= 0.3 is 0 Å². The number of anilines is 3.